The Morgan fingerprint density at radius 1 is 1.71 bits per heavy atom. The Kier molecular flexibility index (Phi) is 2.54. The van der Waals surface area contributed by atoms with E-state index < -0.39 is 0 Å². The number of carbonyl (C=O) groups is 1. The summed E-state index contributed by atoms with van der Waals surface area (Å²) in [6.07, 6.45) is 2.22. The lowest BCUT2D eigenvalue weighted by molar-refractivity contribution is -0.119. The van der Waals surface area contributed by atoms with Crippen molar-refractivity contribution in [2.24, 2.45) is 0 Å². The van der Waals surface area contributed by atoms with Crippen LogP contribution in [0.2, 0.25) is 0 Å². The number of rotatable bonds is 3. The lowest BCUT2D eigenvalue weighted by atomic mass is 10.2. The van der Waals surface area contributed by atoms with Crippen LogP contribution in [0, 0.1) is 0 Å². The molecule has 1 saturated heterocycles. The zero-order valence-electron chi connectivity index (χ0n) is 8.12. The van der Waals surface area contributed by atoms with Crippen molar-refractivity contribution in [3.8, 4) is 0 Å². The lowest BCUT2D eigenvalue weighted by Gasteiger charge is -2.15. The zero-order chi connectivity index (χ0) is 9.97. The first kappa shape index (κ1) is 9.27. The smallest absolute Gasteiger partial charge is 0.221 e. The van der Waals surface area contributed by atoms with Crippen molar-refractivity contribution in [1.82, 2.24) is 10.6 Å². The predicted octanol–water partition coefficient (Wildman–Crippen LogP) is 0.819. The van der Waals surface area contributed by atoms with E-state index in [1.165, 1.54) is 0 Å². The Bertz CT molecular complexity index is 308. The van der Waals surface area contributed by atoms with Gasteiger partial charge in [0, 0.05) is 19.0 Å². The fraction of sp³-hybridized carbons (Fsp3) is 0.500. The molecule has 4 nitrogen and oxygen atoms in total. The largest absolute Gasteiger partial charge is 0.468 e. The van der Waals surface area contributed by atoms with Crippen molar-refractivity contribution in [3.05, 3.63) is 24.2 Å². The van der Waals surface area contributed by atoms with Crippen molar-refractivity contribution in [1.29, 1.82) is 0 Å². The number of furan rings is 1. The van der Waals surface area contributed by atoms with Crippen molar-refractivity contribution in [2.45, 2.75) is 25.4 Å². The Hall–Kier alpha value is -1.29. The van der Waals surface area contributed by atoms with Gasteiger partial charge in [0.15, 0.2) is 0 Å². The molecule has 1 fully saturated rings. The van der Waals surface area contributed by atoms with Gasteiger partial charge in [0.25, 0.3) is 0 Å². The van der Waals surface area contributed by atoms with Gasteiger partial charge in [0.1, 0.15) is 5.76 Å². The van der Waals surface area contributed by atoms with E-state index in [4.69, 9.17) is 4.42 Å². The number of carbonyl (C=O) groups excluding carboxylic acids is 1. The first-order valence-corrected chi connectivity index (χ1v) is 4.82. The molecule has 0 aromatic carbocycles. The predicted molar refractivity (Wildman–Crippen MR) is 51.7 cm³/mol. The third-order valence-corrected chi connectivity index (χ3v) is 2.43. The topological polar surface area (TPSA) is 54.3 Å². The normalized spacial score (nSPS) is 23.5. The summed E-state index contributed by atoms with van der Waals surface area (Å²) < 4.78 is 5.26. The molecular weight excluding hydrogens is 180 g/mol. The van der Waals surface area contributed by atoms with Gasteiger partial charge >= 0.3 is 0 Å². The molecule has 0 radical (unpaired) electrons. The van der Waals surface area contributed by atoms with Crippen LogP contribution in [0.5, 0.6) is 0 Å². The highest BCUT2D eigenvalue weighted by molar-refractivity contribution is 5.78. The van der Waals surface area contributed by atoms with E-state index in [-0.39, 0.29) is 18.0 Å². The Morgan fingerprint density at radius 2 is 2.57 bits per heavy atom. The summed E-state index contributed by atoms with van der Waals surface area (Å²) in [5, 5.41) is 6.12. The van der Waals surface area contributed by atoms with Gasteiger partial charge in [-0.2, -0.15) is 0 Å². The van der Waals surface area contributed by atoms with Crippen LogP contribution in [0.1, 0.15) is 25.1 Å². The molecule has 1 aromatic heterocycles. The minimum atomic E-state index is 0.120. The maximum absolute atomic E-state index is 10.9. The van der Waals surface area contributed by atoms with Crippen LogP contribution in [-0.4, -0.2) is 18.5 Å². The molecule has 4 heteroatoms. The highest BCUT2D eigenvalue weighted by atomic mass is 16.3. The summed E-state index contributed by atoms with van der Waals surface area (Å²) in [5.74, 6) is 1.03. The summed E-state index contributed by atoms with van der Waals surface area (Å²) in [7, 11) is 0. The monoisotopic (exact) mass is 194 g/mol. The fourth-order valence-corrected chi connectivity index (χ4v) is 1.70. The van der Waals surface area contributed by atoms with Gasteiger partial charge in [-0.05, 0) is 19.1 Å². The maximum Gasteiger partial charge on any atom is 0.221 e. The molecule has 1 aliphatic heterocycles. The van der Waals surface area contributed by atoms with Gasteiger partial charge < -0.3 is 15.1 Å². The average molecular weight is 194 g/mol. The molecule has 0 saturated carbocycles. The fourth-order valence-electron chi connectivity index (χ4n) is 1.70. The maximum atomic E-state index is 10.9. The van der Waals surface area contributed by atoms with Crippen molar-refractivity contribution in [3.63, 3.8) is 0 Å². The summed E-state index contributed by atoms with van der Waals surface area (Å²) in [5.41, 5.74) is 0. The molecule has 2 N–H and O–H groups in total. The molecule has 1 aliphatic rings. The number of amides is 1. The van der Waals surface area contributed by atoms with Gasteiger partial charge in [-0.3, -0.25) is 4.79 Å². The van der Waals surface area contributed by atoms with E-state index in [0.717, 1.165) is 5.76 Å². The molecule has 2 unspecified atom stereocenters. The molecular formula is C10H14N2O2. The average Bonchev–Trinajstić information content (AvgIpc) is 2.75. The molecule has 0 aliphatic carbocycles. The molecule has 0 spiro atoms. The van der Waals surface area contributed by atoms with Gasteiger partial charge in [-0.1, -0.05) is 0 Å². The summed E-state index contributed by atoms with van der Waals surface area (Å²) in [4.78, 5) is 10.9. The van der Waals surface area contributed by atoms with E-state index in [1.807, 2.05) is 19.1 Å². The second kappa shape index (κ2) is 3.84. The van der Waals surface area contributed by atoms with Gasteiger partial charge in [-0.15, -0.1) is 0 Å². The second-order valence-corrected chi connectivity index (χ2v) is 3.61. The summed E-state index contributed by atoms with van der Waals surface area (Å²) in [6, 6.07) is 4.18. The van der Waals surface area contributed by atoms with E-state index in [2.05, 4.69) is 10.6 Å². The quantitative estimate of drug-likeness (QED) is 0.749. The zero-order valence-corrected chi connectivity index (χ0v) is 8.12. The van der Waals surface area contributed by atoms with E-state index in [0.29, 0.717) is 13.0 Å². The van der Waals surface area contributed by atoms with E-state index in [9.17, 15) is 4.79 Å². The third-order valence-electron chi connectivity index (χ3n) is 2.43. The van der Waals surface area contributed by atoms with Crippen molar-refractivity contribution < 1.29 is 9.21 Å². The molecule has 2 atom stereocenters. The number of nitrogens with one attached hydrogen (secondary N) is 2. The minimum absolute atomic E-state index is 0.120. The minimum Gasteiger partial charge on any atom is -0.468 e. The number of hydrogen-bond donors (Lipinski definition) is 2. The highest BCUT2D eigenvalue weighted by Gasteiger charge is 2.23. The van der Waals surface area contributed by atoms with Crippen LogP contribution in [0.4, 0.5) is 0 Å². The molecule has 1 aromatic rings. The van der Waals surface area contributed by atoms with Crippen LogP contribution in [0.3, 0.4) is 0 Å². The first-order valence-electron chi connectivity index (χ1n) is 4.82. The highest BCUT2D eigenvalue weighted by Crippen LogP contribution is 2.14. The van der Waals surface area contributed by atoms with Crippen LogP contribution < -0.4 is 10.6 Å². The SMILES string of the molecule is CC(NC1CNC(=O)C1)c1ccco1. The Balaban J connectivity index is 1.89. The van der Waals surface area contributed by atoms with Gasteiger partial charge in [-0.25, -0.2) is 0 Å². The van der Waals surface area contributed by atoms with Crippen LogP contribution in [0.15, 0.2) is 22.8 Å². The second-order valence-electron chi connectivity index (χ2n) is 3.61. The molecule has 2 heterocycles. The first-order chi connectivity index (χ1) is 6.75. The number of hydrogen-bond acceptors (Lipinski definition) is 3. The van der Waals surface area contributed by atoms with Crippen LogP contribution >= 0.6 is 0 Å². The van der Waals surface area contributed by atoms with Gasteiger partial charge in [0.05, 0.1) is 12.3 Å². The standard InChI is InChI=1S/C10H14N2O2/c1-7(9-3-2-4-14-9)12-8-5-10(13)11-6-8/h2-4,7-8,12H,5-6H2,1H3,(H,11,13). The molecule has 14 heavy (non-hydrogen) atoms. The Labute approximate surface area is 82.7 Å². The van der Waals surface area contributed by atoms with E-state index >= 15 is 0 Å². The van der Waals surface area contributed by atoms with Crippen LogP contribution in [0.25, 0.3) is 0 Å². The lowest BCUT2D eigenvalue weighted by Crippen LogP contribution is -2.32. The molecule has 0 bridgehead atoms. The third kappa shape index (κ3) is 1.96. The molecule has 76 valence electrons. The summed E-state index contributed by atoms with van der Waals surface area (Å²) in [6.45, 7) is 2.74. The van der Waals surface area contributed by atoms with Crippen LogP contribution in [-0.2, 0) is 4.79 Å². The molecule has 1 amide bonds. The van der Waals surface area contributed by atoms with Crippen molar-refractivity contribution >= 4 is 5.91 Å². The van der Waals surface area contributed by atoms with Gasteiger partial charge in [0.2, 0.25) is 5.91 Å². The van der Waals surface area contributed by atoms with Crippen molar-refractivity contribution in [2.75, 3.05) is 6.54 Å². The molecule has 2 rings (SSSR count). The van der Waals surface area contributed by atoms with E-state index in [1.54, 1.807) is 6.26 Å². The summed E-state index contributed by atoms with van der Waals surface area (Å²) >= 11 is 0. The Morgan fingerprint density at radius 3 is 3.14 bits per heavy atom.